The number of rotatable bonds is 8. The summed E-state index contributed by atoms with van der Waals surface area (Å²) in [7, 11) is 1.63. The van der Waals surface area contributed by atoms with Crippen molar-refractivity contribution in [1.29, 1.82) is 5.26 Å². The zero-order chi connectivity index (χ0) is 26.3. The fourth-order valence-electron chi connectivity index (χ4n) is 4.35. The molecule has 1 fully saturated rings. The third kappa shape index (κ3) is 9.84. The number of nitrogens with one attached hydrogen (secondary N) is 1. The lowest BCUT2D eigenvalue weighted by Gasteiger charge is -2.34. The van der Waals surface area contributed by atoms with E-state index in [0.717, 1.165) is 48.3 Å². The van der Waals surface area contributed by atoms with E-state index >= 15 is 0 Å². The number of methoxy groups -OCH3 is 1. The largest absolute Gasteiger partial charge is 0.497 e. The lowest BCUT2D eigenvalue weighted by Crippen LogP contribution is -2.56. The molecule has 2 aliphatic rings. The number of hydrogen-bond acceptors (Lipinski definition) is 5. The number of anilines is 1. The molecule has 1 heterocycles. The third-order valence-corrected chi connectivity index (χ3v) is 7.25. The maximum Gasteiger partial charge on any atom is 0.119 e. The number of benzene rings is 2. The van der Waals surface area contributed by atoms with E-state index in [1.807, 2.05) is 36.4 Å². The van der Waals surface area contributed by atoms with Crippen molar-refractivity contribution in [3.8, 4) is 11.8 Å². The lowest BCUT2D eigenvalue weighted by molar-refractivity contribution is 0.183. The van der Waals surface area contributed by atoms with Crippen LogP contribution in [0, 0.1) is 23.2 Å². The van der Waals surface area contributed by atoms with Gasteiger partial charge in [0.15, 0.2) is 0 Å². The Hall–Kier alpha value is -2.55. The van der Waals surface area contributed by atoms with Gasteiger partial charge in [-0.2, -0.15) is 5.26 Å². The molecule has 198 valence electrons. The zero-order valence-corrected chi connectivity index (χ0v) is 23.1. The van der Waals surface area contributed by atoms with Gasteiger partial charge in [0.2, 0.25) is 0 Å². The van der Waals surface area contributed by atoms with Gasteiger partial charge in [0.25, 0.3) is 0 Å². The standard InChI is InChI=1S/C12H13N.C10H14N2O2.C9H20/c1-9-2-4-11-5-3-10(8-13)7-12(11)6-9;1-14-10-4-2-8(3-5-10)12(13)9-6-11-7-9;1-4-6-7-8-9(3)5-2/h3,5,7,9H,2,4,6H2,1H3;2-5,9,11,13H,6-7H2,1H3;9H,4-8H2,1-3H3. The molecule has 1 saturated heterocycles. The highest BCUT2D eigenvalue weighted by Crippen LogP contribution is 2.25. The molecule has 4 rings (SSSR count). The molecule has 2 atom stereocenters. The number of hydrogen-bond donors (Lipinski definition) is 2. The summed E-state index contributed by atoms with van der Waals surface area (Å²) in [6, 6.07) is 15.8. The Morgan fingerprint density at radius 3 is 2.39 bits per heavy atom. The smallest absolute Gasteiger partial charge is 0.119 e. The number of aryl methyl sites for hydroxylation is 1. The number of nitrogens with zero attached hydrogens (tertiary/aromatic N) is 2. The summed E-state index contributed by atoms with van der Waals surface area (Å²) >= 11 is 0. The number of unbranched alkanes of at least 4 members (excludes halogenated alkanes) is 2. The Morgan fingerprint density at radius 2 is 1.83 bits per heavy atom. The Bertz CT molecular complexity index is 918. The van der Waals surface area contributed by atoms with Crippen LogP contribution in [-0.4, -0.2) is 31.4 Å². The van der Waals surface area contributed by atoms with Crippen LogP contribution in [0.1, 0.15) is 82.9 Å². The quantitative estimate of drug-likeness (QED) is 0.302. The second-order valence-electron chi connectivity index (χ2n) is 10.3. The average molecular weight is 494 g/mol. The summed E-state index contributed by atoms with van der Waals surface area (Å²) in [5.41, 5.74) is 4.43. The number of nitriles is 1. The van der Waals surface area contributed by atoms with Crippen molar-refractivity contribution in [3.05, 3.63) is 59.2 Å². The molecule has 0 bridgehead atoms. The van der Waals surface area contributed by atoms with Gasteiger partial charge in [0.1, 0.15) is 5.75 Å². The summed E-state index contributed by atoms with van der Waals surface area (Å²) < 4.78 is 5.04. The highest BCUT2D eigenvalue weighted by molar-refractivity contribution is 5.48. The summed E-state index contributed by atoms with van der Waals surface area (Å²) in [5, 5.41) is 22.9. The van der Waals surface area contributed by atoms with Crippen molar-refractivity contribution < 1.29 is 9.94 Å². The van der Waals surface area contributed by atoms with E-state index in [4.69, 9.17) is 10.00 Å². The van der Waals surface area contributed by atoms with Gasteiger partial charge in [-0.15, -0.1) is 0 Å². The monoisotopic (exact) mass is 493 g/mol. The van der Waals surface area contributed by atoms with Crippen LogP contribution in [0.25, 0.3) is 0 Å². The molecule has 1 aliphatic heterocycles. The first-order valence-corrected chi connectivity index (χ1v) is 13.8. The fraction of sp³-hybridized carbons (Fsp3) is 0.581. The fourth-order valence-corrected chi connectivity index (χ4v) is 4.35. The Kier molecular flexibility index (Phi) is 13.4. The average Bonchev–Trinajstić information content (AvgIpc) is 2.88. The van der Waals surface area contributed by atoms with Crippen LogP contribution in [0.2, 0.25) is 0 Å². The Balaban J connectivity index is 0.000000196. The molecule has 2 unspecified atom stereocenters. The summed E-state index contributed by atoms with van der Waals surface area (Å²) in [6.45, 7) is 10.8. The summed E-state index contributed by atoms with van der Waals surface area (Å²) in [5.74, 6) is 2.53. The molecule has 5 heteroatoms. The normalized spacial score (nSPS) is 17.1. The minimum absolute atomic E-state index is 0.198. The third-order valence-electron chi connectivity index (χ3n) is 7.25. The van der Waals surface area contributed by atoms with Crippen molar-refractivity contribution in [2.45, 2.75) is 85.1 Å². The van der Waals surface area contributed by atoms with Crippen molar-refractivity contribution in [2.75, 3.05) is 25.3 Å². The summed E-state index contributed by atoms with van der Waals surface area (Å²) in [4.78, 5) is 0. The minimum Gasteiger partial charge on any atom is -0.497 e. The van der Waals surface area contributed by atoms with E-state index < -0.39 is 0 Å². The Labute approximate surface area is 219 Å². The molecule has 2 aromatic carbocycles. The lowest BCUT2D eigenvalue weighted by atomic mass is 9.84. The first kappa shape index (κ1) is 29.7. The molecule has 0 aromatic heterocycles. The molecule has 0 saturated carbocycles. The van der Waals surface area contributed by atoms with E-state index in [1.54, 1.807) is 7.11 Å². The molecule has 0 spiro atoms. The first-order chi connectivity index (χ1) is 17.4. The van der Waals surface area contributed by atoms with Gasteiger partial charge in [0.05, 0.1) is 30.5 Å². The highest BCUT2D eigenvalue weighted by atomic mass is 16.5. The van der Waals surface area contributed by atoms with Crippen molar-refractivity contribution in [3.63, 3.8) is 0 Å². The van der Waals surface area contributed by atoms with E-state index in [2.05, 4.69) is 45.1 Å². The molecule has 0 amide bonds. The maximum absolute atomic E-state index is 9.76. The van der Waals surface area contributed by atoms with Crippen LogP contribution in [0.3, 0.4) is 0 Å². The van der Waals surface area contributed by atoms with Crippen LogP contribution in [0.4, 0.5) is 5.69 Å². The van der Waals surface area contributed by atoms with Crippen LogP contribution in [0.5, 0.6) is 5.75 Å². The van der Waals surface area contributed by atoms with Crippen molar-refractivity contribution in [2.24, 2.45) is 11.8 Å². The van der Waals surface area contributed by atoms with Gasteiger partial charge < -0.3 is 10.1 Å². The van der Waals surface area contributed by atoms with E-state index in [9.17, 15) is 5.21 Å². The van der Waals surface area contributed by atoms with Gasteiger partial charge in [-0.1, -0.05) is 65.9 Å². The number of hydroxylamine groups is 1. The molecule has 36 heavy (non-hydrogen) atoms. The first-order valence-electron chi connectivity index (χ1n) is 13.8. The van der Waals surface area contributed by atoms with E-state index in [1.165, 1.54) is 61.1 Å². The predicted octanol–water partition coefficient (Wildman–Crippen LogP) is 7.16. The van der Waals surface area contributed by atoms with Crippen molar-refractivity contribution >= 4 is 5.69 Å². The highest BCUT2D eigenvalue weighted by Gasteiger charge is 2.23. The second-order valence-corrected chi connectivity index (χ2v) is 10.3. The predicted molar refractivity (Wildman–Crippen MR) is 150 cm³/mol. The van der Waals surface area contributed by atoms with Gasteiger partial charge in [-0.25, -0.2) is 0 Å². The summed E-state index contributed by atoms with van der Waals surface area (Å²) in [6.07, 6.45) is 10.6. The van der Waals surface area contributed by atoms with Crippen LogP contribution < -0.4 is 15.1 Å². The number of ether oxygens (including phenoxy) is 1. The molecule has 0 radical (unpaired) electrons. The van der Waals surface area contributed by atoms with Crippen LogP contribution in [-0.2, 0) is 12.8 Å². The molecule has 2 aromatic rings. The minimum atomic E-state index is 0.198. The van der Waals surface area contributed by atoms with Gasteiger partial charge in [-0.05, 0) is 78.6 Å². The van der Waals surface area contributed by atoms with Gasteiger partial charge in [0, 0.05) is 13.1 Å². The van der Waals surface area contributed by atoms with Gasteiger partial charge >= 0.3 is 0 Å². The number of fused-ring (bicyclic) bond motifs is 1. The molecule has 1 aliphatic carbocycles. The van der Waals surface area contributed by atoms with E-state index in [0.29, 0.717) is 0 Å². The molecule has 2 N–H and O–H groups in total. The topological polar surface area (TPSA) is 68.5 Å². The molecular formula is C31H47N3O2. The SMILES string of the molecule is CC1CCc2ccc(C#N)cc2C1.CCCCCC(C)CC.COc1ccc(N(O)C2CNC2)cc1. The Morgan fingerprint density at radius 1 is 1.11 bits per heavy atom. The second kappa shape index (κ2) is 16.2. The molecule has 5 nitrogen and oxygen atoms in total. The maximum atomic E-state index is 9.76. The van der Waals surface area contributed by atoms with E-state index in [-0.39, 0.29) is 6.04 Å². The van der Waals surface area contributed by atoms with Crippen LogP contribution in [0.15, 0.2) is 42.5 Å². The van der Waals surface area contributed by atoms with Crippen LogP contribution >= 0.6 is 0 Å². The van der Waals surface area contributed by atoms with Crippen molar-refractivity contribution in [1.82, 2.24) is 5.32 Å². The molecular weight excluding hydrogens is 446 g/mol. The van der Waals surface area contributed by atoms with Gasteiger partial charge in [-0.3, -0.25) is 10.3 Å². The zero-order valence-electron chi connectivity index (χ0n) is 23.1.